The molecule has 0 spiro atoms. The number of aromatic nitrogens is 1. The smallest absolute Gasteiger partial charge is 0.254 e. The molecule has 5 heteroatoms. The third-order valence-electron chi connectivity index (χ3n) is 3.06. The van der Waals surface area contributed by atoms with Gasteiger partial charge in [-0.1, -0.05) is 24.3 Å². The number of furan rings is 1. The van der Waals surface area contributed by atoms with E-state index in [0.717, 1.165) is 21.8 Å². The summed E-state index contributed by atoms with van der Waals surface area (Å²) < 4.78 is 4.89. The molecular formula is C16H14N2O2S. The van der Waals surface area contributed by atoms with Crippen LogP contribution in [-0.2, 0) is 6.54 Å². The Morgan fingerprint density at radius 2 is 2.10 bits per heavy atom. The highest BCUT2D eigenvalue weighted by Gasteiger charge is 2.06. The van der Waals surface area contributed by atoms with Crippen molar-refractivity contribution in [3.63, 3.8) is 0 Å². The van der Waals surface area contributed by atoms with E-state index in [2.05, 4.69) is 10.3 Å². The lowest BCUT2D eigenvalue weighted by Crippen LogP contribution is -2.22. The van der Waals surface area contributed by atoms with E-state index < -0.39 is 0 Å². The van der Waals surface area contributed by atoms with Crippen LogP contribution >= 0.6 is 11.3 Å². The van der Waals surface area contributed by atoms with Gasteiger partial charge in [0.05, 0.1) is 11.8 Å². The van der Waals surface area contributed by atoms with Gasteiger partial charge in [-0.25, -0.2) is 4.98 Å². The molecule has 0 aliphatic heterocycles. The average Bonchev–Trinajstić information content (AvgIpc) is 3.17. The van der Waals surface area contributed by atoms with Crippen molar-refractivity contribution in [3.8, 4) is 10.6 Å². The zero-order chi connectivity index (χ0) is 14.7. The highest BCUT2D eigenvalue weighted by atomic mass is 32.1. The van der Waals surface area contributed by atoms with Crippen LogP contribution in [-0.4, -0.2) is 10.9 Å². The Bertz CT molecular complexity index is 730. The van der Waals surface area contributed by atoms with Crippen molar-refractivity contribution < 1.29 is 9.21 Å². The second kappa shape index (κ2) is 5.93. The van der Waals surface area contributed by atoms with Crippen molar-refractivity contribution in [3.05, 3.63) is 65.1 Å². The molecular weight excluding hydrogens is 284 g/mol. The molecule has 0 radical (unpaired) electrons. The maximum absolute atomic E-state index is 11.8. The van der Waals surface area contributed by atoms with Crippen LogP contribution in [0.1, 0.15) is 21.6 Å². The molecule has 0 atom stereocenters. The third-order valence-corrected chi connectivity index (χ3v) is 4.07. The summed E-state index contributed by atoms with van der Waals surface area (Å²) in [6, 6.07) is 9.70. The molecule has 1 amide bonds. The molecule has 1 aromatic carbocycles. The Balaban J connectivity index is 1.63. The Morgan fingerprint density at radius 3 is 2.71 bits per heavy atom. The second-order valence-electron chi connectivity index (χ2n) is 4.69. The summed E-state index contributed by atoms with van der Waals surface area (Å²) in [4.78, 5) is 16.2. The lowest BCUT2D eigenvalue weighted by molar-refractivity contribution is 0.0950. The number of hydrogen-bond donors (Lipinski definition) is 1. The van der Waals surface area contributed by atoms with Crippen molar-refractivity contribution in [2.75, 3.05) is 0 Å². The monoisotopic (exact) mass is 298 g/mol. The normalized spacial score (nSPS) is 10.5. The van der Waals surface area contributed by atoms with Crippen LogP contribution in [0.4, 0.5) is 0 Å². The quantitative estimate of drug-likeness (QED) is 0.800. The predicted molar refractivity (Wildman–Crippen MR) is 82.2 cm³/mol. The number of carbonyl (C=O) groups excluding carboxylic acids is 1. The molecule has 3 aromatic rings. The van der Waals surface area contributed by atoms with Gasteiger partial charge in [-0.2, -0.15) is 0 Å². The van der Waals surface area contributed by atoms with Crippen LogP contribution in [0.3, 0.4) is 0 Å². The van der Waals surface area contributed by atoms with E-state index in [0.29, 0.717) is 12.1 Å². The molecule has 0 saturated carbocycles. The fourth-order valence-corrected chi connectivity index (χ4v) is 2.73. The molecule has 0 aliphatic rings. The summed E-state index contributed by atoms with van der Waals surface area (Å²) >= 11 is 1.63. The molecule has 0 fully saturated rings. The van der Waals surface area contributed by atoms with Gasteiger partial charge < -0.3 is 9.73 Å². The minimum Gasteiger partial charge on any atom is -0.472 e. The van der Waals surface area contributed by atoms with E-state index >= 15 is 0 Å². The summed E-state index contributed by atoms with van der Waals surface area (Å²) in [5.74, 6) is -0.136. The molecule has 21 heavy (non-hydrogen) atoms. The molecule has 3 rings (SSSR count). The largest absolute Gasteiger partial charge is 0.472 e. The molecule has 0 bridgehead atoms. The van der Waals surface area contributed by atoms with Crippen LogP contribution in [0.15, 0.2) is 52.7 Å². The maximum atomic E-state index is 11.8. The lowest BCUT2D eigenvalue weighted by atomic mass is 10.1. The van der Waals surface area contributed by atoms with Gasteiger partial charge >= 0.3 is 0 Å². The van der Waals surface area contributed by atoms with Gasteiger partial charge in [-0.15, -0.1) is 11.3 Å². The number of benzene rings is 1. The first-order valence-electron chi connectivity index (χ1n) is 6.54. The molecule has 0 saturated heterocycles. The third kappa shape index (κ3) is 3.20. The van der Waals surface area contributed by atoms with Gasteiger partial charge in [0.15, 0.2) is 0 Å². The Morgan fingerprint density at radius 1 is 1.29 bits per heavy atom. The number of nitrogens with zero attached hydrogens (tertiary/aromatic N) is 1. The van der Waals surface area contributed by atoms with Crippen molar-refractivity contribution in [1.29, 1.82) is 0 Å². The molecule has 106 valence electrons. The van der Waals surface area contributed by atoms with Crippen molar-refractivity contribution in [2.24, 2.45) is 0 Å². The zero-order valence-corrected chi connectivity index (χ0v) is 12.3. The molecule has 4 nitrogen and oxygen atoms in total. The second-order valence-corrected chi connectivity index (χ2v) is 5.54. The number of nitrogens with one attached hydrogen (secondary N) is 1. The number of thiazole rings is 1. The van der Waals surface area contributed by atoms with Crippen LogP contribution < -0.4 is 5.32 Å². The molecule has 0 unspecified atom stereocenters. The minimum atomic E-state index is -0.136. The molecule has 2 heterocycles. The fourth-order valence-electron chi connectivity index (χ4n) is 1.93. The molecule has 0 aliphatic carbocycles. The Labute approximate surface area is 126 Å². The van der Waals surface area contributed by atoms with Gasteiger partial charge in [0, 0.05) is 23.2 Å². The van der Waals surface area contributed by atoms with Crippen LogP contribution in [0.25, 0.3) is 10.6 Å². The van der Waals surface area contributed by atoms with Crippen LogP contribution in [0.5, 0.6) is 0 Å². The van der Waals surface area contributed by atoms with Gasteiger partial charge in [0.1, 0.15) is 11.3 Å². The van der Waals surface area contributed by atoms with E-state index in [9.17, 15) is 4.79 Å². The van der Waals surface area contributed by atoms with Crippen molar-refractivity contribution >= 4 is 17.2 Å². The first kappa shape index (κ1) is 13.6. The van der Waals surface area contributed by atoms with Gasteiger partial charge in [0.2, 0.25) is 0 Å². The van der Waals surface area contributed by atoms with E-state index in [-0.39, 0.29) is 5.91 Å². The fraction of sp³-hybridized carbons (Fsp3) is 0.125. The van der Waals surface area contributed by atoms with E-state index in [1.807, 2.05) is 36.6 Å². The maximum Gasteiger partial charge on any atom is 0.254 e. The minimum absolute atomic E-state index is 0.136. The first-order chi connectivity index (χ1) is 10.2. The Hall–Kier alpha value is -2.40. The number of aryl methyl sites for hydroxylation is 1. The summed E-state index contributed by atoms with van der Waals surface area (Å²) in [5.41, 5.74) is 3.71. The molecule has 1 N–H and O–H groups in total. The topological polar surface area (TPSA) is 55.1 Å². The SMILES string of the molecule is Cc1csc(-c2ccc(CNC(=O)c3ccoc3)cc2)n1. The Kier molecular flexibility index (Phi) is 3.83. The summed E-state index contributed by atoms with van der Waals surface area (Å²) in [5, 5.41) is 5.90. The van der Waals surface area contributed by atoms with E-state index in [4.69, 9.17) is 4.42 Å². The average molecular weight is 298 g/mol. The number of amides is 1. The zero-order valence-electron chi connectivity index (χ0n) is 11.5. The lowest BCUT2D eigenvalue weighted by Gasteiger charge is -2.04. The van der Waals surface area contributed by atoms with Crippen molar-refractivity contribution in [2.45, 2.75) is 13.5 Å². The number of carbonyl (C=O) groups is 1. The number of rotatable bonds is 4. The highest BCUT2D eigenvalue weighted by molar-refractivity contribution is 7.13. The summed E-state index contributed by atoms with van der Waals surface area (Å²) in [7, 11) is 0. The van der Waals surface area contributed by atoms with E-state index in [1.54, 1.807) is 17.4 Å². The molecule has 2 aromatic heterocycles. The standard InChI is InChI=1S/C16H14N2O2S/c1-11-10-21-16(18-11)13-4-2-12(3-5-13)8-17-15(19)14-6-7-20-9-14/h2-7,9-10H,8H2,1H3,(H,17,19). The first-order valence-corrected chi connectivity index (χ1v) is 7.42. The van der Waals surface area contributed by atoms with Gasteiger partial charge in [0.25, 0.3) is 5.91 Å². The van der Waals surface area contributed by atoms with Crippen molar-refractivity contribution in [1.82, 2.24) is 10.3 Å². The van der Waals surface area contributed by atoms with Gasteiger partial charge in [-0.3, -0.25) is 4.79 Å². The van der Waals surface area contributed by atoms with Gasteiger partial charge in [-0.05, 0) is 18.6 Å². The van der Waals surface area contributed by atoms with Crippen LogP contribution in [0.2, 0.25) is 0 Å². The summed E-state index contributed by atoms with van der Waals surface area (Å²) in [6.45, 7) is 2.47. The van der Waals surface area contributed by atoms with Crippen LogP contribution in [0, 0.1) is 6.92 Å². The highest BCUT2D eigenvalue weighted by Crippen LogP contribution is 2.23. The summed E-state index contributed by atoms with van der Waals surface area (Å²) in [6.07, 6.45) is 2.92. The van der Waals surface area contributed by atoms with E-state index in [1.165, 1.54) is 12.5 Å². The number of hydrogen-bond acceptors (Lipinski definition) is 4. The predicted octanol–water partition coefficient (Wildman–Crippen LogP) is 3.64.